The van der Waals surface area contributed by atoms with Crippen LogP contribution in [0.4, 0.5) is 0 Å². The second-order valence-electron chi connectivity index (χ2n) is 6.02. The Bertz CT molecular complexity index is 305. The van der Waals surface area contributed by atoms with Crippen LogP contribution in [0, 0.1) is 5.41 Å². The highest BCUT2D eigenvalue weighted by Crippen LogP contribution is 2.26. The van der Waals surface area contributed by atoms with Gasteiger partial charge in [0.05, 0.1) is 5.41 Å². The Morgan fingerprint density at radius 3 is 2.00 bits per heavy atom. The van der Waals surface area contributed by atoms with Crippen LogP contribution in [-0.4, -0.2) is 11.9 Å². The maximum atomic E-state index is 11.8. The van der Waals surface area contributed by atoms with Gasteiger partial charge in [0.2, 0.25) is 0 Å². The third-order valence-corrected chi connectivity index (χ3v) is 3.57. The molecule has 0 heterocycles. The van der Waals surface area contributed by atoms with E-state index in [1.807, 2.05) is 13.8 Å². The van der Waals surface area contributed by atoms with Crippen LogP contribution in [0.3, 0.4) is 0 Å². The Labute approximate surface area is 123 Å². The Balaban J connectivity index is 3.73. The first kappa shape index (κ1) is 18.9. The summed E-state index contributed by atoms with van der Waals surface area (Å²) in [4.78, 5) is 22.8. The number of hydrogen-bond acceptors (Lipinski definition) is 3. The van der Waals surface area contributed by atoms with Gasteiger partial charge in [0, 0.05) is 6.08 Å². The van der Waals surface area contributed by atoms with Gasteiger partial charge in [-0.2, -0.15) is 0 Å². The van der Waals surface area contributed by atoms with Crippen molar-refractivity contribution < 1.29 is 14.3 Å². The zero-order valence-corrected chi connectivity index (χ0v) is 13.4. The lowest BCUT2D eigenvalue weighted by molar-refractivity contribution is -0.163. The average Bonchev–Trinajstić information content (AvgIpc) is 2.41. The molecule has 0 fully saturated rings. The maximum Gasteiger partial charge on any atom is 0.337 e. The molecule has 0 rings (SSSR count). The largest absolute Gasteiger partial charge is 0.389 e. The highest BCUT2D eigenvalue weighted by molar-refractivity contribution is 5.93. The molecule has 0 aliphatic carbocycles. The summed E-state index contributed by atoms with van der Waals surface area (Å²) in [5.41, 5.74) is -0.596. The van der Waals surface area contributed by atoms with Crippen LogP contribution in [-0.2, 0) is 14.3 Å². The molecule has 0 radical (unpaired) electrons. The number of esters is 2. The molecule has 3 nitrogen and oxygen atoms in total. The Hall–Kier alpha value is -1.12. The van der Waals surface area contributed by atoms with Crippen LogP contribution in [0.5, 0.6) is 0 Å². The van der Waals surface area contributed by atoms with E-state index in [4.69, 9.17) is 4.74 Å². The lowest BCUT2D eigenvalue weighted by Gasteiger charge is -2.21. The third kappa shape index (κ3) is 8.89. The molecule has 0 aromatic rings. The van der Waals surface area contributed by atoms with E-state index in [0.29, 0.717) is 0 Å². The summed E-state index contributed by atoms with van der Waals surface area (Å²) in [6.45, 7) is 9.16. The second kappa shape index (κ2) is 10.6. The zero-order valence-electron chi connectivity index (χ0n) is 13.4. The van der Waals surface area contributed by atoms with Crippen molar-refractivity contribution >= 4 is 11.9 Å². The smallest absolute Gasteiger partial charge is 0.337 e. The average molecular weight is 282 g/mol. The molecule has 0 saturated heterocycles. The van der Waals surface area contributed by atoms with E-state index in [0.717, 1.165) is 25.3 Å². The summed E-state index contributed by atoms with van der Waals surface area (Å²) in [6, 6.07) is 0. The molecule has 0 amide bonds. The molecule has 0 bridgehead atoms. The number of ether oxygens (including phenoxy) is 1. The first-order valence-electron chi connectivity index (χ1n) is 7.82. The molecule has 0 aromatic heterocycles. The second-order valence-corrected chi connectivity index (χ2v) is 6.02. The van der Waals surface area contributed by atoms with E-state index in [9.17, 15) is 9.59 Å². The zero-order chi connectivity index (χ0) is 15.4. The molecule has 20 heavy (non-hydrogen) atoms. The number of unbranched alkanes of at least 4 members (excludes halogenated alkanes) is 7. The fraction of sp³-hybridized carbons (Fsp3) is 0.765. The number of rotatable bonds is 11. The standard InChI is InChI=1S/C17H30O3/c1-5-7-8-9-10-11-12-13-14-17(3,4)16(19)20-15(18)6-2/h6H,2,5,7-14H2,1,3-4H3. The highest BCUT2D eigenvalue weighted by Gasteiger charge is 2.30. The summed E-state index contributed by atoms with van der Waals surface area (Å²) in [5, 5.41) is 0. The van der Waals surface area contributed by atoms with Crippen LogP contribution < -0.4 is 0 Å². The molecule has 0 unspecified atom stereocenters. The molecule has 0 atom stereocenters. The lowest BCUT2D eigenvalue weighted by Crippen LogP contribution is -2.28. The van der Waals surface area contributed by atoms with Crippen LogP contribution in [0.2, 0.25) is 0 Å². The molecular weight excluding hydrogens is 252 g/mol. The van der Waals surface area contributed by atoms with Crippen LogP contribution in [0.25, 0.3) is 0 Å². The van der Waals surface area contributed by atoms with E-state index in [1.54, 1.807) is 0 Å². The van der Waals surface area contributed by atoms with Crippen LogP contribution >= 0.6 is 0 Å². The first-order valence-corrected chi connectivity index (χ1v) is 7.82. The first-order chi connectivity index (χ1) is 9.44. The molecule has 116 valence electrons. The third-order valence-electron chi connectivity index (χ3n) is 3.57. The van der Waals surface area contributed by atoms with Gasteiger partial charge in [-0.05, 0) is 20.3 Å². The van der Waals surface area contributed by atoms with Crippen LogP contribution in [0.1, 0.15) is 78.6 Å². The molecule has 0 N–H and O–H groups in total. The summed E-state index contributed by atoms with van der Waals surface area (Å²) in [7, 11) is 0. The maximum absolute atomic E-state index is 11.8. The van der Waals surface area contributed by atoms with Gasteiger partial charge >= 0.3 is 11.9 Å². The van der Waals surface area contributed by atoms with E-state index < -0.39 is 17.4 Å². The number of carbonyl (C=O) groups is 2. The topological polar surface area (TPSA) is 43.4 Å². The van der Waals surface area contributed by atoms with Gasteiger partial charge < -0.3 is 4.74 Å². The van der Waals surface area contributed by atoms with Gasteiger partial charge in [-0.25, -0.2) is 4.79 Å². The summed E-state index contributed by atoms with van der Waals surface area (Å²) in [6.07, 6.45) is 11.7. The SMILES string of the molecule is C=CC(=O)OC(=O)C(C)(C)CCCCCCCCCC. The van der Waals surface area contributed by atoms with Crippen molar-refractivity contribution in [2.75, 3.05) is 0 Å². The molecule has 0 saturated carbocycles. The minimum Gasteiger partial charge on any atom is -0.389 e. The number of carbonyl (C=O) groups excluding carboxylic acids is 2. The van der Waals surface area contributed by atoms with Crippen LogP contribution in [0.15, 0.2) is 12.7 Å². The van der Waals surface area contributed by atoms with Gasteiger partial charge in [0.25, 0.3) is 0 Å². The highest BCUT2D eigenvalue weighted by atomic mass is 16.6. The van der Waals surface area contributed by atoms with Gasteiger partial charge in [-0.15, -0.1) is 0 Å². The normalized spacial score (nSPS) is 11.2. The van der Waals surface area contributed by atoms with Gasteiger partial charge in [-0.3, -0.25) is 4.79 Å². The lowest BCUT2D eigenvalue weighted by atomic mass is 9.87. The fourth-order valence-electron chi connectivity index (χ4n) is 2.07. The molecule has 0 aliphatic rings. The molecule has 0 aliphatic heterocycles. The van der Waals surface area contributed by atoms with E-state index in [-0.39, 0.29) is 0 Å². The summed E-state index contributed by atoms with van der Waals surface area (Å²) in [5.74, 6) is -1.12. The van der Waals surface area contributed by atoms with Crippen molar-refractivity contribution in [2.24, 2.45) is 5.41 Å². The van der Waals surface area contributed by atoms with Gasteiger partial charge in [-0.1, -0.05) is 64.9 Å². The van der Waals surface area contributed by atoms with Crippen molar-refractivity contribution in [3.63, 3.8) is 0 Å². The predicted octanol–water partition coefficient (Wildman–Crippen LogP) is 4.80. The summed E-state index contributed by atoms with van der Waals surface area (Å²) >= 11 is 0. The molecule has 0 spiro atoms. The quantitative estimate of drug-likeness (QED) is 0.237. The predicted molar refractivity (Wildman–Crippen MR) is 82.3 cm³/mol. The van der Waals surface area contributed by atoms with Gasteiger partial charge in [0.15, 0.2) is 0 Å². The molecule has 0 aromatic carbocycles. The van der Waals surface area contributed by atoms with E-state index in [1.165, 1.54) is 38.5 Å². The Kier molecular flexibility index (Phi) is 10.0. The fourth-order valence-corrected chi connectivity index (χ4v) is 2.07. The van der Waals surface area contributed by atoms with E-state index >= 15 is 0 Å². The molecular formula is C17H30O3. The minimum atomic E-state index is -0.668. The van der Waals surface area contributed by atoms with Crippen molar-refractivity contribution in [1.29, 1.82) is 0 Å². The van der Waals surface area contributed by atoms with Gasteiger partial charge in [0.1, 0.15) is 0 Å². The van der Waals surface area contributed by atoms with E-state index in [2.05, 4.69) is 13.5 Å². The minimum absolute atomic E-state index is 0.453. The monoisotopic (exact) mass is 282 g/mol. The number of hydrogen-bond donors (Lipinski definition) is 0. The Morgan fingerprint density at radius 2 is 1.50 bits per heavy atom. The van der Waals surface area contributed by atoms with Crippen molar-refractivity contribution in [1.82, 2.24) is 0 Å². The Morgan fingerprint density at radius 1 is 1.00 bits per heavy atom. The van der Waals surface area contributed by atoms with Crippen molar-refractivity contribution in [2.45, 2.75) is 78.6 Å². The summed E-state index contributed by atoms with van der Waals surface area (Å²) < 4.78 is 4.69. The van der Waals surface area contributed by atoms with Crippen molar-refractivity contribution in [3.8, 4) is 0 Å². The molecule has 3 heteroatoms. The van der Waals surface area contributed by atoms with Crippen molar-refractivity contribution in [3.05, 3.63) is 12.7 Å².